The number of hydrogen-bond donors (Lipinski definition) is 3. The van der Waals surface area contributed by atoms with Crippen LogP contribution in [0.4, 0.5) is 0 Å². The number of carbonyl (C=O) groups is 3. The smallest absolute Gasteiger partial charge is 0.328 e. The molecule has 0 aliphatic carbocycles. The summed E-state index contributed by atoms with van der Waals surface area (Å²) in [5.74, 6) is -2.26. The van der Waals surface area contributed by atoms with Crippen LogP contribution >= 0.6 is 0 Å². The van der Waals surface area contributed by atoms with Gasteiger partial charge in [-0.15, -0.1) is 0 Å². The van der Waals surface area contributed by atoms with Crippen molar-refractivity contribution in [3.8, 4) is 0 Å². The maximum atomic E-state index is 12.4. The normalized spacial score (nSPS) is 15.2. The summed E-state index contributed by atoms with van der Waals surface area (Å²) in [4.78, 5) is 33.5. The zero-order valence-corrected chi connectivity index (χ0v) is 18.2. The summed E-state index contributed by atoms with van der Waals surface area (Å²) in [5, 5.41) is 19.0. The quantitative estimate of drug-likeness (QED) is 0.431. The largest absolute Gasteiger partial charge is 0.478 e. The predicted molar refractivity (Wildman–Crippen MR) is 122 cm³/mol. The van der Waals surface area contributed by atoms with E-state index in [4.69, 9.17) is 10.2 Å². The molecule has 0 unspecified atom stereocenters. The molecule has 2 aromatic rings. The molecule has 1 saturated heterocycles. The monoisotopic (exact) mass is 438 g/mol. The lowest BCUT2D eigenvalue weighted by Crippen LogP contribution is -2.52. The van der Waals surface area contributed by atoms with Crippen molar-refractivity contribution < 1.29 is 24.6 Å². The number of benzene rings is 2. The van der Waals surface area contributed by atoms with Crippen molar-refractivity contribution in [2.24, 2.45) is 0 Å². The van der Waals surface area contributed by atoms with Gasteiger partial charge in [0.15, 0.2) is 0 Å². The van der Waals surface area contributed by atoms with E-state index < -0.39 is 11.9 Å². The van der Waals surface area contributed by atoms with Crippen molar-refractivity contribution in [2.75, 3.05) is 19.8 Å². The Morgan fingerprint density at radius 2 is 1.47 bits per heavy atom. The number of hydrogen-bond acceptors (Lipinski definition) is 4. The number of nitrogens with one attached hydrogen (secondary N) is 1. The summed E-state index contributed by atoms with van der Waals surface area (Å²) in [6.45, 7) is 4.45. The highest BCUT2D eigenvalue weighted by atomic mass is 16.4. The highest BCUT2D eigenvalue weighted by Crippen LogP contribution is 2.40. The lowest BCUT2D eigenvalue weighted by atomic mass is 9.69. The molecule has 32 heavy (non-hydrogen) atoms. The highest BCUT2D eigenvalue weighted by molar-refractivity contribution is 5.89. The number of carboxylic acids is 2. The maximum Gasteiger partial charge on any atom is 0.328 e. The second-order valence-electron chi connectivity index (χ2n) is 7.57. The Hall–Kier alpha value is -3.45. The molecule has 7 nitrogen and oxygen atoms in total. The first-order valence-electron chi connectivity index (χ1n) is 10.6. The fourth-order valence-electron chi connectivity index (χ4n) is 3.80. The number of piperidine rings is 1. The van der Waals surface area contributed by atoms with Crippen LogP contribution in [-0.2, 0) is 19.8 Å². The topological polar surface area (TPSA) is 107 Å². The van der Waals surface area contributed by atoms with Crippen molar-refractivity contribution in [3.05, 3.63) is 83.9 Å². The molecule has 3 N–H and O–H groups in total. The van der Waals surface area contributed by atoms with Gasteiger partial charge in [0.05, 0.1) is 6.67 Å². The summed E-state index contributed by atoms with van der Waals surface area (Å²) >= 11 is 0. The molecule has 0 bridgehead atoms. The second kappa shape index (κ2) is 12.4. The van der Waals surface area contributed by atoms with Crippen molar-refractivity contribution >= 4 is 17.8 Å². The Morgan fingerprint density at radius 1 is 0.969 bits per heavy atom. The molecule has 1 aliphatic rings. The van der Waals surface area contributed by atoms with E-state index in [-0.39, 0.29) is 11.3 Å². The molecule has 1 fully saturated rings. The van der Waals surface area contributed by atoms with E-state index in [9.17, 15) is 14.4 Å². The van der Waals surface area contributed by atoms with E-state index >= 15 is 0 Å². The van der Waals surface area contributed by atoms with Gasteiger partial charge in [-0.2, -0.15) is 0 Å². The van der Waals surface area contributed by atoms with Gasteiger partial charge in [0.25, 0.3) is 0 Å². The Labute approximate surface area is 188 Å². The number of carboxylic acid groups (broad SMARTS) is 2. The van der Waals surface area contributed by atoms with Gasteiger partial charge in [-0.3, -0.25) is 10.1 Å². The van der Waals surface area contributed by atoms with Crippen molar-refractivity contribution in [1.82, 2.24) is 10.2 Å². The van der Waals surface area contributed by atoms with Crippen LogP contribution in [0.3, 0.4) is 0 Å². The van der Waals surface area contributed by atoms with E-state index in [1.165, 1.54) is 11.1 Å². The average molecular weight is 439 g/mol. The average Bonchev–Trinajstić information content (AvgIpc) is 2.81. The van der Waals surface area contributed by atoms with E-state index in [1.807, 2.05) is 4.90 Å². The first kappa shape index (κ1) is 24.8. The molecule has 170 valence electrons. The number of aliphatic carboxylic acids is 2. The van der Waals surface area contributed by atoms with Crippen LogP contribution in [0.25, 0.3) is 0 Å². The third-order valence-corrected chi connectivity index (χ3v) is 5.33. The van der Waals surface area contributed by atoms with E-state index in [1.54, 1.807) is 0 Å². The number of amides is 1. The third-order valence-electron chi connectivity index (χ3n) is 5.33. The number of rotatable bonds is 8. The van der Waals surface area contributed by atoms with Gasteiger partial charge in [-0.05, 0) is 30.5 Å². The molecule has 0 aromatic heterocycles. The van der Waals surface area contributed by atoms with Gasteiger partial charge in [-0.1, -0.05) is 67.6 Å². The summed E-state index contributed by atoms with van der Waals surface area (Å²) < 4.78 is 0. The van der Waals surface area contributed by atoms with Gasteiger partial charge in [0, 0.05) is 30.5 Å². The van der Waals surface area contributed by atoms with Gasteiger partial charge in [0.2, 0.25) is 5.91 Å². The van der Waals surface area contributed by atoms with Crippen LogP contribution in [-0.4, -0.2) is 52.7 Å². The van der Waals surface area contributed by atoms with Crippen LogP contribution in [0.1, 0.15) is 37.3 Å². The molecule has 0 saturated carbocycles. The Balaban J connectivity index is 0.000000390. The minimum Gasteiger partial charge on any atom is -0.478 e. The molecule has 3 rings (SSSR count). The minimum atomic E-state index is -1.26. The van der Waals surface area contributed by atoms with Gasteiger partial charge < -0.3 is 15.1 Å². The van der Waals surface area contributed by atoms with E-state index in [0.717, 1.165) is 25.9 Å². The molecule has 1 heterocycles. The number of nitrogens with zero attached hydrogens (tertiary/aromatic N) is 1. The first-order valence-corrected chi connectivity index (χ1v) is 10.6. The lowest BCUT2D eigenvalue weighted by Gasteiger charge is -2.43. The number of likely N-dealkylation sites (tertiary alicyclic amines) is 1. The molecule has 0 atom stereocenters. The van der Waals surface area contributed by atoms with E-state index in [2.05, 4.69) is 72.9 Å². The van der Waals surface area contributed by atoms with Crippen molar-refractivity contribution in [2.45, 2.75) is 31.6 Å². The molecular weight excluding hydrogens is 408 g/mol. The van der Waals surface area contributed by atoms with Crippen molar-refractivity contribution in [3.63, 3.8) is 0 Å². The summed E-state index contributed by atoms with van der Waals surface area (Å²) in [6.07, 6.45) is 3.65. The summed E-state index contributed by atoms with van der Waals surface area (Å²) in [7, 11) is 0. The molecule has 0 spiro atoms. The van der Waals surface area contributed by atoms with E-state index in [0.29, 0.717) is 25.2 Å². The second-order valence-corrected chi connectivity index (χ2v) is 7.57. The SMILES string of the molecule is CCCNCN1CC(c2ccccc2)(c2ccccc2)CCC1=O.O=C(O)C=CC(=O)O. The molecule has 1 amide bonds. The molecule has 7 heteroatoms. The molecule has 0 radical (unpaired) electrons. The lowest BCUT2D eigenvalue weighted by molar-refractivity contribution is -0.135. The molecular formula is C25H30N2O5. The highest BCUT2D eigenvalue weighted by Gasteiger charge is 2.41. The summed E-state index contributed by atoms with van der Waals surface area (Å²) in [6, 6.07) is 21.3. The number of carbonyl (C=O) groups excluding carboxylic acids is 1. The Morgan fingerprint density at radius 3 is 1.91 bits per heavy atom. The fourth-order valence-corrected chi connectivity index (χ4v) is 3.80. The van der Waals surface area contributed by atoms with Crippen LogP contribution in [0.15, 0.2) is 72.8 Å². The predicted octanol–water partition coefficient (Wildman–Crippen LogP) is 3.26. The van der Waals surface area contributed by atoms with Crippen LogP contribution in [0, 0.1) is 0 Å². The fraction of sp³-hybridized carbons (Fsp3) is 0.320. The first-order chi connectivity index (χ1) is 15.4. The molecule has 1 aliphatic heterocycles. The van der Waals surface area contributed by atoms with Crippen molar-refractivity contribution in [1.29, 1.82) is 0 Å². The standard InChI is InChI=1S/C21H26N2O.C4H4O4/c1-2-15-22-17-23-16-21(14-13-20(23)24,18-9-5-3-6-10-18)19-11-7-4-8-12-19;5-3(6)1-2-4(7)8/h3-12,22H,2,13-17H2,1H3;1-2H,(H,5,6)(H,7,8). The van der Waals surface area contributed by atoms with Gasteiger partial charge in [-0.25, -0.2) is 9.59 Å². The zero-order valence-electron chi connectivity index (χ0n) is 18.2. The zero-order chi connectivity index (χ0) is 23.4. The Bertz CT molecular complexity index is 857. The minimum absolute atomic E-state index is 0.121. The maximum absolute atomic E-state index is 12.4. The molecule has 2 aromatic carbocycles. The third kappa shape index (κ3) is 7.06. The van der Waals surface area contributed by atoms with Gasteiger partial charge >= 0.3 is 11.9 Å². The van der Waals surface area contributed by atoms with Crippen LogP contribution < -0.4 is 5.32 Å². The van der Waals surface area contributed by atoms with Crippen LogP contribution in [0.2, 0.25) is 0 Å². The van der Waals surface area contributed by atoms with Crippen LogP contribution in [0.5, 0.6) is 0 Å². The van der Waals surface area contributed by atoms with Gasteiger partial charge in [0.1, 0.15) is 0 Å². The summed E-state index contributed by atoms with van der Waals surface area (Å²) in [5.41, 5.74) is 2.47. The Kier molecular flexibility index (Phi) is 9.63.